The molecule has 2 aliphatic rings. The number of hydrogen-bond acceptors (Lipinski definition) is 19. The van der Waals surface area contributed by atoms with E-state index in [4.69, 9.17) is 4.74 Å². The summed E-state index contributed by atoms with van der Waals surface area (Å²) in [7, 11) is -24.4. The predicted molar refractivity (Wildman–Crippen MR) is 140 cm³/mol. The van der Waals surface area contributed by atoms with Gasteiger partial charge in [-0.25, -0.2) is 37.9 Å². The van der Waals surface area contributed by atoms with Crippen LogP contribution < -0.4 is 124 Å². The van der Waals surface area contributed by atoms with Crippen molar-refractivity contribution in [2.45, 2.75) is 75.4 Å². The van der Waals surface area contributed by atoms with E-state index in [0.29, 0.717) is 23.3 Å². The van der Waals surface area contributed by atoms with Gasteiger partial charge in [0.25, 0.3) is 5.91 Å². The van der Waals surface area contributed by atoms with Crippen LogP contribution in [0.1, 0.15) is 37.7 Å². The van der Waals surface area contributed by atoms with Gasteiger partial charge in [0.1, 0.15) is 12.2 Å². The van der Waals surface area contributed by atoms with Crippen LogP contribution in [0.4, 0.5) is 0 Å². The summed E-state index contributed by atoms with van der Waals surface area (Å²) in [6, 6.07) is 7.26. The zero-order chi connectivity index (χ0) is 34.5. The van der Waals surface area contributed by atoms with Crippen molar-refractivity contribution in [1.82, 2.24) is 10.2 Å². The van der Waals surface area contributed by atoms with E-state index in [1.54, 1.807) is 6.07 Å². The third-order valence-electron chi connectivity index (χ3n) is 6.47. The fourth-order valence-corrected chi connectivity index (χ4v) is 6.65. The van der Waals surface area contributed by atoms with Crippen LogP contribution in [0.3, 0.4) is 0 Å². The van der Waals surface area contributed by atoms with Crippen LogP contribution in [0.25, 0.3) is 0 Å². The van der Waals surface area contributed by atoms with Gasteiger partial charge in [-0.3, -0.25) is 22.1 Å². The van der Waals surface area contributed by atoms with Crippen LogP contribution in [-0.4, -0.2) is 112 Å². The molecule has 3 rings (SSSR count). The quantitative estimate of drug-likeness (QED) is 0.103. The number of benzene rings is 1. The third kappa shape index (κ3) is 19.5. The molecule has 0 spiro atoms. The van der Waals surface area contributed by atoms with Gasteiger partial charge in [0.2, 0.25) is 53.8 Å². The van der Waals surface area contributed by atoms with Crippen molar-refractivity contribution in [3.05, 3.63) is 35.9 Å². The zero-order valence-corrected chi connectivity index (χ0v) is 38.4. The Labute approximate surface area is 377 Å². The Morgan fingerprint density at radius 2 is 1.16 bits per heavy atom. The maximum Gasteiger partial charge on any atom is 1.00 e. The Bertz CT molecular complexity index is 1680. The van der Waals surface area contributed by atoms with Crippen molar-refractivity contribution in [2.24, 2.45) is 0 Å². The van der Waals surface area contributed by atoms with Crippen molar-refractivity contribution in [3.8, 4) is 0 Å². The SMILES string of the molecule is O=C(CN(Cc1ccccc1)C(=O)C1OC(OS(=O)(=O)[O-])C(OS(=O)(=O)[O-])C(OS(=O)(=O)[O-])C1OS(=O)(=O)[O-])NC1CCCCC1.[Na+].[Na+].[Na+].[Na+]. The van der Waals surface area contributed by atoms with Gasteiger partial charge in [0.15, 0.2) is 12.2 Å². The first kappa shape index (κ1) is 53.7. The van der Waals surface area contributed by atoms with E-state index in [1.807, 2.05) is 0 Å². The van der Waals surface area contributed by atoms with E-state index >= 15 is 0 Å². The van der Waals surface area contributed by atoms with Crippen molar-refractivity contribution in [2.75, 3.05) is 6.54 Å². The predicted octanol–water partition coefficient (Wildman–Crippen LogP) is -14.8. The fraction of sp³-hybridized carbons (Fsp3) is 0.619. The normalized spacial score (nSPS) is 23.1. The van der Waals surface area contributed by atoms with Gasteiger partial charge in [-0.1, -0.05) is 49.6 Å². The summed E-state index contributed by atoms with van der Waals surface area (Å²) >= 11 is 0. The van der Waals surface area contributed by atoms with Crippen LogP contribution in [0, 0.1) is 0 Å². The second-order valence-electron chi connectivity index (χ2n) is 9.92. The van der Waals surface area contributed by atoms with Crippen molar-refractivity contribution < 1.29 is 201 Å². The molecule has 50 heavy (non-hydrogen) atoms. The third-order valence-corrected chi connectivity index (χ3v) is 8.27. The largest absolute Gasteiger partial charge is 1.00 e. The molecular weight excluding hydrogens is 804 g/mol. The molecule has 1 saturated heterocycles. The Morgan fingerprint density at radius 1 is 0.700 bits per heavy atom. The average molecular weight is 831 g/mol. The molecule has 0 aromatic heterocycles. The van der Waals surface area contributed by atoms with Gasteiger partial charge in [-0.2, -0.15) is 0 Å². The topological polar surface area (TPSA) is 324 Å². The molecule has 0 radical (unpaired) electrons. The molecule has 1 aromatic carbocycles. The van der Waals surface area contributed by atoms with E-state index in [-0.39, 0.29) is 124 Å². The Balaban J connectivity index is 0. The number of nitrogens with zero attached hydrogens (tertiary/aromatic N) is 1. The molecular formula is C21H26N2Na4O19S4. The molecule has 1 aliphatic carbocycles. The number of amides is 2. The van der Waals surface area contributed by atoms with Crippen LogP contribution in [0.15, 0.2) is 30.3 Å². The molecule has 1 saturated carbocycles. The molecule has 5 unspecified atom stereocenters. The molecule has 2 amide bonds. The van der Waals surface area contributed by atoms with Crippen LogP contribution >= 0.6 is 0 Å². The van der Waals surface area contributed by atoms with Crippen molar-refractivity contribution in [1.29, 1.82) is 0 Å². The minimum absolute atomic E-state index is 0. The first-order chi connectivity index (χ1) is 21.1. The molecule has 1 aliphatic heterocycles. The van der Waals surface area contributed by atoms with Crippen LogP contribution in [0.2, 0.25) is 0 Å². The van der Waals surface area contributed by atoms with Crippen molar-refractivity contribution >= 4 is 53.4 Å². The second kappa shape index (κ2) is 23.0. The van der Waals surface area contributed by atoms with E-state index in [1.165, 1.54) is 24.3 Å². The van der Waals surface area contributed by atoms with E-state index in [9.17, 15) is 61.5 Å². The van der Waals surface area contributed by atoms with Gasteiger partial charge in [-0.05, 0) is 18.4 Å². The Morgan fingerprint density at radius 3 is 1.64 bits per heavy atom. The fourth-order valence-electron chi connectivity index (χ4n) is 4.82. The van der Waals surface area contributed by atoms with E-state index in [2.05, 4.69) is 22.0 Å². The second-order valence-corrected chi connectivity index (χ2v) is 14.0. The van der Waals surface area contributed by atoms with Crippen molar-refractivity contribution in [3.63, 3.8) is 0 Å². The van der Waals surface area contributed by atoms with Gasteiger partial charge in [-0.15, -0.1) is 0 Å². The zero-order valence-electron chi connectivity index (χ0n) is 27.1. The van der Waals surface area contributed by atoms with E-state index < -0.39 is 97.2 Å². The number of carbonyl (C=O) groups excluding carboxylic acids is 2. The molecule has 21 nitrogen and oxygen atoms in total. The first-order valence-corrected chi connectivity index (χ1v) is 18.3. The summed E-state index contributed by atoms with van der Waals surface area (Å²) < 4.78 is 159. The van der Waals surface area contributed by atoms with Crippen LogP contribution in [-0.2, 0) is 79.2 Å². The number of rotatable bonds is 14. The van der Waals surface area contributed by atoms with Crippen LogP contribution in [0.5, 0.6) is 0 Å². The number of ether oxygens (including phenoxy) is 1. The summed E-state index contributed by atoms with van der Waals surface area (Å²) in [5.74, 6) is -2.36. The monoisotopic (exact) mass is 830 g/mol. The minimum Gasteiger partial charge on any atom is -0.726 e. The van der Waals surface area contributed by atoms with E-state index in [0.717, 1.165) is 19.3 Å². The van der Waals surface area contributed by atoms with Gasteiger partial charge >= 0.3 is 118 Å². The van der Waals surface area contributed by atoms with Gasteiger partial charge in [0, 0.05) is 12.6 Å². The Kier molecular flexibility index (Phi) is 24.7. The summed E-state index contributed by atoms with van der Waals surface area (Å²) in [6.07, 6.45) is -11.6. The standard InChI is InChI=1S/C21H30N2O19S4.4Na/c24-15(22-14-9-5-2-6-10-14)12-23(11-13-7-3-1-4-8-13)20(25)18-16(39-43(26,27)28)17(40-44(29,30)31)19(41-45(32,33)34)21(38-18)42-46(35,36)37;;;;/h1,3-4,7-8,14,16-19,21H,2,5-6,9-12H2,(H,22,24)(H,26,27,28)(H,29,30,31)(H,32,33,34)(H,35,36,37);;;;/q;4*+1/p-4. The van der Waals surface area contributed by atoms with Gasteiger partial charge < -0.3 is 33.2 Å². The molecule has 1 aromatic rings. The average Bonchev–Trinajstić information content (AvgIpc) is 2.89. The number of hydrogen-bond donors (Lipinski definition) is 1. The summed E-state index contributed by atoms with van der Waals surface area (Å²) in [6.45, 7) is -1.34. The Hall–Kier alpha value is 1.60. The number of carbonyl (C=O) groups is 2. The molecule has 262 valence electrons. The molecule has 1 N–H and O–H groups in total. The molecule has 0 bridgehead atoms. The molecule has 5 atom stereocenters. The number of nitrogens with one attached hydrogen (secondary N) is 1. The summed E-state index contributed by atoms with van der Waals surface area (Å²) in [5.41, 5.74) is 0.314. The molecule has 2 fully saturated rings. The first-order valence-electron chi connectivity index (χ1n) is 12.9. The maximum absolute atomic E-state index is 13.9. The summed E-state index contributed by atoms with van der Waals surface area (Å²) in [5, 5.41) is 2.69. The maximum atomic E-state index is 13.9. The van der Waals surface area contributed by atoms with Gasteiger partial charge in [0.05, 0.1) is 6.54 Å². The summed E-state index contributed by atoms with van der Waals surface area (Å²) in [4.78, 5) is 27.5. The smallest absolute Gasteiger partial charge is 0.726 e. The molecule has 1 heterocycles. The molecule has 29 heteroatoms. The minimum atomic E-state index is -6.15.